The zero-order chi connectivity index (χ0) is 14.5. The van der Waals surface area contributed by atoms with Gasteiger partial charge in [-0.15, -0.1) is 0 Å². The first-order chi connectivity index (χ1) is 9.60. The van der Waals surface area contributed by atoms with Crippen LogP contribution in [0.4, 0.5) is 4.39 Å². The van der Waals surface area contributed by atoms with E-state index < -0.39 is 5.82 Å². The summed E-state index contributed by atoms with van der Waals surface area (Å²) in [5, 5.41) is 3.23. The Labute approximate surface area is 123 Å². The van der Waals surface area contributed by atoms with E-state index in [1.54, 1.807) is 12.1 Å². The van der Waals surface area contributed by atoms with Crippen LogP contribution in [0.1, 0.15) is 16.7 Å². The molecular formula is C16H17ClFNO. The van der Waals surface area contributed by atoms with Gasteiger partial charge in [-0.3, -0.25) is 0 Å². The Morgan fingerprint density at radius 1 is 1.20 bits per heavy atom. The number of hydrogen-bond donors (Lipinski definition) is 1. The van der Waals surface area contributed by atoms with Gasteiger partial charge in [0.25, 0.3) is 0 Å². The highest BCUT2D eigenvalue weighted by molar-refractivity contribution is 6.30. The fourth-order valence-corrected chi connectivity index (χ4v) is 2.09. The van der Waals surface area contributed by atoms with E-state index in [1.807, 2.05) is 26.1 Å². The standard InChI is InChI=1S/C16H17ClFNO/c1-11-3-6-16(13(7-11)9-19-2)20-10-12-4-5-14(17)15(18)8-12/h3-8,19H,9-10H2,1-2H3. The van der Waals surface area contributed by atoms with Crippen LogP contribution in [0, 0.1) is 12.7 Å². The zero-order valence-corrected chi connectivity index (χ0v) is 12.3. The summed E-state index contributed by atoms with van der Waals surface area (Å²) in [5.74, 6) is 0.382. The molecule has 2 aromatic rings. The molecule has 106 valence electrons. The fourth-order valence-electron chi connectivity index (χ4n) is 1.97. The van der Waals surface area contributed by atoms with Crippen molar-refractivity contribution in [1.29, 1.82) is 0 Å². The Balaban J connectivity index is 2.11. The van der Waals surface area contributed by atoms with Crippen molar-refractivity contribution in [1.82, 2.24) is 5.32 Å². The quantitative estimate of drug-likeness (QED) is 0.896. The van der Waals surface area contributed by atoms with Gasteiger partial charge in [-0.05, 0) is 37.7 Å². The minimum absolute atomic E-state index is 0.125. The Hall–Kier alpha value is -1.58. The van der Waals surface area contributed by atoms with Gasteiger partial charge in [0.15, 0.2) is 0 Å². The van der Waals surface area contributed by atoms with E-state index in [0.717, 1.165) is 23.4 Å². The second-order valence-electron chi connectivity index (χ2n) is 4.68. The van der Waals surface area contributed by atoms with Crippen molar-refractivity contribution in [3.8, 4) is 5.75 Å². The third-order valence-electron chi connectivity index (χ3n) is 2.96. The molecule has 4 heteroatoms. The number of nitrogens with one attached hydrogen (secondary N) is 1. The average Bonchev–Trinajstić information content (AvgIpc) is 2.42. The molecule has 0 aromatic heterocycles. The summed E-state index contributed by atoms with van der Waals surface area (Å²) in [6, 6.07) is 10.7. The van der Waals surface area contributed by atoms with E-state index in [0.29, 0.717) is 6.61 Å². The summed E-state index contributed by atoms with van der Waals surface area (Å²) in [6.45, 7) is 3.08. The predicted molar refractivity (Wildman–Crippen MR) is 79.7 cm³/mol. The third-order valence-corrected chi connectivity index (χ3v) is 3.27. The first-order valence-electron chi connectivity index (χ1n) is 6.41. The van der Waals surface area contributed by atoms with Gasteiger partial charge < -0.3 is 10.1 Å². The van der Waals surface area contributed by atoms with Crippen LogP contribution in [0.15, 0.2) is 36.4 Å². The highest BCUT2D eigenvalue weighted by Gasteiger charge is 2.06. The number of halogens is 2. The van der Waals surface area contributed by atoms with E-state index in [-0.39, 0.29) is 5.02 Å². The number of ether oxygens (including phenoxy) is 1. The van der Waals surface area contributed by atoms with Crippen LogP contribution in [0.5, 0.6) is 5.75 Å². The lowest BCUT2D eigenvalue weighted by molar-refractivity contribution is 0.301. The molecule has 0 saturated carbocycles. The molecule has 2 nitrogen and oxygen atoms in total. The minimum atomic E-state index is -0.424. The lowest BCUT2D eigenvalue weighted by Crippen LogP contribution is -2.08. The van der Waals surface area contributed by atoms with Gasteiger partial charge in [0.05, 0.1) is 5.02 Å². The van der Waals surface area contributed by atoms with Crippen molar-refractivity contribution < 1.29 is 9.13 Å². The summed E-state index contributed by atoms with van der Waals surface area (Å²) >= 11 is 5.66. The molecule has 2 rings (SSSR count). The Kier molecular flexibility index (Phi) is 4.99. The molecule has 0 unspecified atom stereocenters. The van der Waals surface area contributed by atoms with Crippen molar-refractivity contribution in [2.75, 3.05) is 7.05 Å². The van der Waals surface area contributed by atoms with Crippen LogP contribution in [0.25, 0.3) is 0 Å². The molecule has 0 aliphatic carbocycles. The molecule has 0 bridgehead atoms. The lowest BCUT2D eigenvalue weighted by Gasteiger charge is -2.12. The van der Waals surface area contributed by atoms with Crippen molar-refractivity contribution in [3.05, 3.63) is 63.9 Å². The molecule has 0 aliphatic heterocycles. The number of aryl methyl sites for hydroxylation is 1. The van der Waals surface area contributed by atoms with Crippen molar-refractivity contribution in [2.45, 2.75) is 20.1 Å². The van der Waals surface area contributed by atoms with Gasteiger partial charge in [0.1, 0.15) is 18.2 Å². The third kappa shape index (κ3) is 3.71. The molecule has 0 amide bonds. The Morgan fingerprint density at radius 3 is 2.70 bits per heavy atom. The summed E-state index contributed by atoms with van der Waals surface area (Å²) in [6.07, 6.45) is 0. The fraction of sp³-hybridized carbons (Fsp3) is 0.250. The van der Waals surface area contributed by atoms with Gasteiger partial charge in [-0.1, -0.05) is 35.4 Å². The number of hydrogen-bond acceptors (Lipinski definition) is 2. The maximum atomic E-state index is 13.4. The molecule has 0 saturated heterocycles. The number of benzene rings is 2. The van der Waals surface area contributed by atoms with Gasteiger partial charge in [0.2, 0.25) is 0 Å². The van der Waals surface area contributed by atoms with Crippen LogP contribution in [0.3, 0.4) is 0 Å². The summed E-state index contributed by atoms with van der Waals surface area (Å²) in [7, 11) is 1.89. The van der Waals surface area contributed by atoms with Crippen LogP contribution in [0.2, 0.25) is 5.02 Å². The molecule has 0 aliphatic rings. The maximum absolute atomic E-state index is 13.4. The molecule has 0 heterocycles. The minimum Gasteiger partial charge on any atom is -0.489 e. The second-order valence-corrected chi connectivity index (χ2v) is 5.09. The monoisotopic (exact) mass is 293 g/mol. The Morgan fingerprint density at radius 2 is 2.00 bits per heavy atom. The average molecular weight is 294 g/mol. The molecule has 0 spiro atoms. The van der Waals surface area contributed by atoms with Crippen molar-refractivity contribution in [3.63, 3.8) is 0 Å². The van der Waals surface area contributed by atoms with Gasteiger partial charge in [0, 0.05) is 12.1 Å². The molecule has 20 heavy (non-hydrogen) atoms. The van der Waals surface area contributed by atoms with E-state index in [9.17, 15) is 4.39 Å². The lowest BCUT2D eigenvalue weighted by atomic mass is 10.1. The van der Waals surface area contributed by atoms with Crippen molar-refractivity contribution in [2.24, 2.45) is 0 Å². The van der Waals surface area contributed by atoms with E-state index in [2.05, 4.69) is 11.4 Å². The summed E-state index contributed by atoms with van der Waals surface area (Å²) in [4.78, 5) is 0. The van der Waals surface area contributed by atoms with Crippen LogP contribution >= 0.6 is 11.6 Å². The Bertz CT molecular complexity index is 601. The first-order valence-corrected chi connectivity index (χ1v) is 6.79. The first kappa shape index (κ1) is 14.8. The van der Waals surface area contributed by atoms with E-state index in [1.165, 1.54) is 11.6 Å². The predicted octanol–water partition coefficient (Wildman–Crippen LogP) is 4.09. The topological polar surface area (TPSA) is 21.3 Å². The van der Waals surface area contributed by atoms with Gasteiger partial charge in [-0.25, -0.2) is 4.39 Å². The van der Waals surface area contributed by atoms with Gasteiger partial charge in [-0.2, -0.15) is 0 Å². The van der Waals surface area contributed by atoms with Crippen LogP contribution in [-0.4, -0.2) is 7.05 Å². The van der Waals surface area contributed by atoms with Gasteiger partial charge >= 0.3 is 0 Å². The van der Waals surface area contributed by atoms with E-state index in [4.69, 9.17) is 16.3 Å². The molecule has 0 radical (unpaired) electrons. The molecule has 0 atom stereocenters. The smallest absolute Gasteiger partial charge is 0.142 e. The second kappa shape index (κ2) is 6.73. The number of rotatable bonds is 5. The van der Waals surface area contributed by atoms with Crippen LogP contribution < -0.4 is 10.1 Å². The highest BCUT2D eigenvalue weighted by Crippen LogP contribution is 2.22. The largest absolute Gasteiger partial charge is 0.489 e. The summed E-state index contributed by atoms with van der Waals surface area (Å²) in [5.41, 5.74) is 3.02. The highest BCUT2D eigenvalue weighted by atomic mass is 35.5. The van der Waals surface area contributed by atoms with Crippen molar-refractivity contribution >= 4 is 11.6 Å². The molecule has 2 aromatic carbocycles. The molecular weight excluding hydrogens is 277 g/mol. The molecule has 1 N–H and O–H groups in total. The zero-order valence-electron chi connectivity index (χ0n) is 11.5. The molecule has 0 fully saturated rings. The summed E-state index contributed by atoms with van der Waals surface area (Å²) < 4.78 is 19.1. The SMILES string of the molecule is CNCc1cc(C)ccc1OCc1ccc(Cl)c(F)c1. The van der Waals surface area contributed by atoms with Crippen LogP contribution in [-0.2, 0) is 13.2 Å². The van der Waals surface area contributed by atoms with E-state index >= 15 is 0 Å². The normalized spacial score (nSPS) is 10.6. The maximum Gasteiger partial charge on any atom is 0.142 e.